The summed E-state index contributed by atoms with van der Waals surface area (Å²) in [6, 6.07) is 28.0. The molecule has 0 aromatic heterocycles. The zero-order valence-corrected chi connectivity index (χ0v) is 15.5. The minimum Gasteiger partial charge on any atom is -0.497 e. The van der Waals surface area contributed by atoms with Crippen molar-refractivity contribution in [3.05, 3.63) is 96.1 Å². The first-order chi connectivity index (χ1) is 13.2. The highest BCUT2D eigenvalue weighted by atomic mass is 16.5. The number of hydrogen-bond donors (Lipinski definition) is 0. The first kappa shape index (κ1) is 17.3. The Hall–Kier alpha value is -3.07. The van der Waals surface area contributed by atoms with Crippen LogP contribution in [0.15, 0.2) is 84.9 Å². The number of amides is 1. The van der Waals surface area contributed by atoms with Gasteiger partial charge < -0.3 is 9.64 Å². The van der Waals surface area contributed by atoms with E-state index in [1.54, 1.807) is 7.11 Å². The second kappa shape index (κ2) is 7.28. The molecular formula is C24H23NO2. The molecule has 1 fully saturated rings. The molecule has 1 saturated carbocycles. The predicted molar refractivity (Wildman–Crippen MR) is 108 cm³/mol. The molecular weight excluding hydrogens is 334 g/mol. The molecule has 0 unspecified atom stereocenters. The van der Waals surface area contributed by atoms with Gasteiger partial charge in [-0.05, 0) is 48.2 Å². The molecule has 1 amide bonds. The number of nitrogens with zero attached hydrogens (tertiary/aromatic N) is 1. The second-order valence-electron chi connectivity index (χ2n) is 7.02. The highest BCUT2D eigenvalue weighted by Crippen LogP contribution is 2.50. The fourth-order valence-corrected chi connectivity index (χ4v) is 3.57. The molecule has 3 heteroatoms. The van der Waals surface area contributed by atoms with Gasteiger partial charge in [0.05, 0.1) is 19.1 Å². The number of hydrogen-bond acceptors (Lipinski definition) is 2. The number of benzene rings is 3. The average molecular weight is 357 g/mol. The number of carbonyl (C=O) groups is 1. The molecule has 3 aromatic carbocycles. The second-order valence-corrected chi connectivity index (χ2v) is 7.02. The third kappa shape index (κ3) is 3.45. The summed E-state index contributed by atoms with van der Waals surface area (Å²) in [5.41, 5.74) is 2.71. The van der Waals surface area contributed by atoms with E-state index in [0.29, 0.717) is 6.54 Å². The summed E-state index contributed by atoms with van der Waals surface area (Å²) in [5, 5.41) is 0. The Morgan fingerprint density at radius 2 is 1.48 bits per heavy atom. The summed E-state index contributed by atoms with van der Waals surface area (Å²) in [7, 11) is 1.66. The molecule has 4 rings (SSSR count). The predicted octanol–water partition coefficient (Wildman–Crippen LogP) is 4.96. The number of methoxy groups -OCH3 is 1. The van der Waals surface area contributed by atoms with Gasteiger partial charge in [-0.15, -0.1) is 0 Å². The smallest absolute Gasteiger partial charge is 0.237 e. The maximum atomic E-state index is 13.7. The minimum absolute atomic E-state index is 0.169. The molecule has 27 heavy (non-hydrogen) atoms. The van der Waals surface area contributed by atoms with Gasteiger partial charge in [0.25, 0.3) is 0 Å². The molecule has 0 saturated heterocycles. The Morgan fingerprint density at radius 1 is 0.889 bits per heavy atom. The maximum absolute atomic E-state index is 13.7. The third-order valence-electron chi connectivity index (χ3n) is 5.30. The van der Waals surface area contributed by atoms with Crippen LogP contribution in [0.1, 0.15) is 24.0 Å². The number of ether oxygens (including phenoxy) is 1. The zero-order valence-electron chi connectivity index (χ0n) is 15.5. The van der Waals surface area contributed by atoms with Crippen LogP contribution in [-0.2, 0) is 16.8 Å². The van der Waals surface area contributed by atoms with Crippen LogP contribution >= 0.6 is 0 Å². The monoisotopic (exact) mass is 357 g/mol. The van der Waals surface area contributed by atoms with Gasteiger partial charge in [0.2, 0.25) is 5.91 Å². The standard InChI is InChI=1S/C24H23NO2/c1-27-22-14-12-20(13-15-22)24(16-17-24)23(26)25(21-10-6-3-7-11-21)18-19-8-4-2-5-9-19/h2-15H,16-18H2,1H3. The van der Waals surface area contributed by atoms with Crippen molar-refractivity contribution in [1.29, 1.82) is 0 Å². The SMILES string of the molecule is COc1ccc(C2(C(=O)N(Cc3ccccc3)c3ccccc3)CC2)cc1. The van der Waals surface area contributed by atoms with Gasteiger partial charge in [0.1, 0.15) is 5.75 Å². The number of carbonyl (C=O) groups excluding carboxylic acids is 1. The van der Waals surface area contributed by atoms with Crippen molar-refractivity contribution in [2.75, 3.05) is 12.0 Å². The van der Waals surface area contributed by atoms with Crippen molar-refractivity contribution >= 4 is 11.6 Å². The zero-order chi connectivity index (χ0) is 18.7. The highest BCUT2D eigenvalue weighted by molar-refractivity contribution is 6.03. The molecule has 3 nitrogen and oxygen atoms in total. The number of para-hydroxylation sites is 1. The summed E-state index contributed by atoms with van der Waals surface area (Å²) in [4.78, 5) is 15.6. The van der Waals surface area contributed by atoms with Crippen LogP contribution in [0.2, 0.25) is 0 Å². The van der Waals surface area contributed by atoms with E-state index in [0.717, 1.165) is 35.4 Å². The summed E-state index contributed by atoms with van der Waals surface area (Å²) in [6.07, 6.45) is 1.77. The fourth-order valence-electron chi connectivity index (χ4n) is 3.57. The third-order valence-corrected chi connectivity index (χ3v) is 5.30. The van der Waals surface area contributed by atoms with Gasteiger partial charge in [-0.25, -0.2) is 0 Å². The fraction of sp³-hybridized carbons (Fsp3) is 0.208. The van der Waals surface area contributed by atoms with Gasteiger partial charge >= 0.3 is 0 Å². The summed E-state index contributed by atoms with van der Waals surface area (Å²) >= 11 is 0. The van der Waals surface area contributed by atoms with Crippen molar-refractivity contribution in [1.82, 2.24) is 0 Å². The summed E-state index contributed by atoms with van der Waals surface area (Å²) in [5.74, 6) is 0.980. The molecule has 0 aliphatic heterocycles. The molecule has 1 aliphatic carbocycles. The molecule has 0 bridgehead atoms. The Labute approximate surface area is 160 Å². The Bertz CT molecular complexity index is 900. The highest BCUT2D eigenvalue weighted by Gasteiger charge is 2.53. The topological polar surface area (TPSA) is 29.5 Å². The molecule has 0 radical (unpaired) electrons. The first-order valence-electron chi connectivity index (χ1n) is 9.28. The average Bonchev–Trinajstić information content (AvgIpc) is 3.55. The Kier molecular flexibility index (Phi) is 4.68. The molecule has 1 aliphatic rings. The molecule has 3 aromatic rings. The molecule has 136 valence electrons. The normalized spacial score (nSPS) is 14.4. The van der Waals surface area contributed by atoms with E-state index < -0.39 is 5.41 Å². The number of anilines is 1. The van der Waals surface area contributed by atoms with Crippen LogP contribution in [0.3, 0.4) is 0 Å². The van der Waals surface area contributed by atoms with Crippen molar-refractivity contribution in [2.45, 2.75) is 24.8 Å². The van der Waals surface area contributed by atoms with Crippen LogP contribution in [0.5, 0.6) is 5.75 Å². The lowest BCUT2D eigenvalue weighted by Crippen LogP contribution is -2.39. The van der Waals surface area contributed by atoms with Crippen LogP contribution in [0.4, 0.5) is 5.69 Å². The molecule has 0 atom stereocenters. The van der Waals surface area contributed by atoms with Gasteiger partial charge in [-0.1, -0.05) is 60.7 Å². The van der Waals surface area contributed by atoms with E-state index in [9.17, 15) is 4.79 Å². The lowest BCUT2D eigenvalue weighted by molar-refractivity contribution is -0.121. The van der Waals surface area contributed by atoms with Gasteiger partial charge in [0, 0.05) is 5.69 Å². The number of rotatable bonds is 6. The van der Waals surface area contributed by atoms with Crippen molar-refractivity contribution in [2.24, 2.45) is 0 Å². The van der Waals surface area contributed by atoms with E-state index in [1.165, 1.54) is 0 Å². The van der Waals surface area contributed by atoms with Crippen LogP contribution in [0.25, 0.3) is 0 Å². The van der Waals surface area contributed by atoms with Gasteiger partial charge in [-0.2, -0.15) is 0 Å². The summed E-state index contributed by atoms with van der Waals surface area (Å²) < 4.78 is 5.26. The minimum atomic E-state index is -0.420. The van der Waals surface area contributed by atoms with Gasteiger partial charge in [-0.3, -0.25) is 4.79 Å². The van der Waals surface area contributed by atoms with Gasteiger partial charge in [0.15, 0.2) is 0 Å². The van der Waals surface area contributed by atoms with Crippen molar-refractivity contribution in [3.8, 4) is 5.75 Å². The van der Waals surface area contributed by atoms with Crippen molar-refractivity contribution in [3.63, 3.8) is 0 Å². The van der Waals surface area contributed by atoms with E-state index in [1.807, 2.05) is 77.7 Å². The van der Waals surface area contributed by atoms with E-state index in [-0.39, 0.29) is 5.91 Å². The lowest BCUT2D eigenvalue weighted by atomic mass is 9.93. The van der Waals surface area contributed by atoms with E-state index in [2.05, 4.69) is 12.1 Å². The molecule has 0 spiro atoms. The van der Waals surface area contributed by atoms with E-state index in [4.69, 9.17) is 4.74 Å². The largest absolute Gasteiger partial charge is 0.497 e. The van der Waals surface area contributed by atoms with Crippen LogP contribution in [-0.4, -0.2) is 13.0 Å². The first-order valence-corrected chi connectivity index (χ1v) is 9.28. The van der Waals surface area contributed by atoms with Crippen molar-refractivity contribution < 1.29 is 9.53 Å². The molecule has 0 heterocycles. The lowest BCUT2D eigenvalue weighted by Gasteiger charge is -2.28. The Morgan fingerprint density at radius 3 is 2.04 bits per heavy atom. The Balaban J connectivity index is 1.67. The van der Waals surface area contributed by atoms with E-state index >= 15 is 0 Å². The molecule has 0 N–H and O–H groups in total. The maximum Gasteiger partial charge on any atom is 0.237 e. The van der Waals surface area contributed by atoms with Crippen LogP contribution < -0.4 is 9.64 Å². The van der Waals surface area contributed by atoms with Crippen LogP contribution in [0, 0.1) is 0 Å². The summed E-state index contributed by atoms with van der Waals surface area (Å²) in [6.45, 7) is 0.571. The quantitative estimate of drug-likeness (QED) is 0.624.